The maximum atomic E-state index is 12.6. The average Bonchev–Trinajstić information content (AvgIpc) is 3.62. The highest BCUT2D eigenvalue weighted by Crippen LogP contribution is 2.40. The minimum absolute atomic E-state index is 0.00316. The summed E-state index contributed by atoms with van der Waals surface area (Å²) in [7, 11) is 3.37. The lowest BCUT2D eigenvalue weighted by Gasteiger charge is -2.22. The molecule has 0 saturated carbocycles. The number of amides is 1. The van der Waals surface area contributed by atoms with Crippen molar-refractivity contribution in [1.29, 1.82) is 0 Å². The normalized spacial score (nSPS) is 11.4. The molecule has 1 heterocycles. The van der Waals surface area contributed by atoms with Crippen molar-refractivity contribution in [1.82, 2.24) is 4.98 Å². The number of anilines is 1. The van der Waals surface area contributed by atoms with Gasteiger partial charge in [-0.15, -0.1) is 0 Å². The predicted octanol–water partition coefficient (Wildman–Crippen LogP) is 12.4. The molecule has 0 unspecified atom stereocenters. The van der Waals surface area contributed by atoms with Gasteiger partial charge in [-0.25, -0.2) is 4.98 Å². The van der Waals surface area contributed by atoms with Gasteiger partial charge in [0.25, 0.3) is 5.91 Å². The van der Waals surface area contributed by atoms with Gasteiger partial charge in [-0.1, -0.05) is 120 Å². The van der Waals surface area contributed by atoms with Gasteiger partial charge < -0.3 is 19.2 Å². The van der Waals surface area contributed by atoms with Crippen LogP contribution in [0.15, 0.2) is 144 Å². The van der Waals surface area contributed by atoms with Gasteiger partial charge in [0.2, 0.25) is 5.89 Å². The quantitative estimate of drug-likeness (QED) is 0.178. The lowest BCUT2D eigenvalue weighted by molar-refractivity contribution is 0.102. The second-order valence-corrected chi connectivity index (χ2v) is 15.3. The van der Waals surface area contributed by atoms with Gasteiger partial charge in [-0.05, 0) is 88.2 Å². The van der Waals surface area contributed by atoms with Crippen molar-refractivity contribution in [2.24, 2.45) is 0 Å². The van der Waals surface area contributed by atoms with Crippen LogP contribution in [-0.4, -0.2) is 25.1 Å². The number of hydrogen-bond acceptors (Lipinski definition) is 5. The number of methoxy groups -OCH3 is 2. The summed E-state index contributed by atoms with van der Waals surface area (Å²) in [6.45, 7) is 13.1. The summed E-state index contributed by atoms with van der Waals surface area (Å²) >= 11 is 0. The molecule has 6 nitrogen and oxygen atoms in total. The van der Waals surface area contributed by atoms with E-state index < -0.39 is 0 Å². The summed E-state index contributed by atoms with van der Waals surface area (Å²) in [5.74, 6) is 2.15. The Hall–Kier alpha value is -6.14. The first-order valence-electron chi connectivity index (χ1n) is 18.1. The Labute approximate surface area is 318 Å². The molecule has 1 amide bonds. The fraction of sp³-hybridized carbons (Fsp3) is 0.208. The van der Waals surface area contributed by atoms with E-state index in [1.54, 1.807) is 14.2 Å². The maximum Gasteiger partial charge on any atom is 0.255 e. The number of carbonyl (C=O) groups excluding carboxylic acids is 1. The number of rotatable bonds is 7. The Morgan fingerprint density at radius 2 is 1.11 bits per heavy atom. The number of fused-ring (bicyclic) bond motifs is 1. The zero-order valence-corrected chi connectivity index (χ0v) is 32.4. The van der Waals surface area contributed by atoms with Gasteiger partial charge in [0, 0.05) is 33.5 Å². The van der Waals surface area contributed by atoms with Crippen molar-refractivity contribution in [2.45, 2.75) is 52.4 Å². The van der Waals surface area contributed by atoms with E-state index in [2.05, 4.69) is 71.1 Å². The van der Waals surface area contributed by atoms with Crippen LogP contribution in [0.2, 0.25) is 0 Å². The van der Waals surface area contributed by atoms with Crippen LogP contribution in [0.4, 0.5) is 5.69 Å². The molecule has 0 bridgehead atoms. The first kappa shape index (κ1) is 37.6. The first-order chi connectivity index (χ1) is 25.9. The molecule has 6 heteroatoms. The average molecular weight is 717 g/mol. The molecule has 0 aliphatic heterocycles. The monoisotopic (exact) mass is 716 g/mol. The van der Waals surface area contributed by atoms with Crippen molar-refractivity contribution >= 4 is 22.7 Å². The zero-order chi connectivity index (χ0) is 38.5. The Balaban J connectivity index is 0.000000184. The van der Waals surface area contributed by atoms with E-state index in [9.17, 15) is 4.79 Å². The topological polar surface area (TPSA) is 73.6 Å². The summed E-state index contributed by atoms with van der Waals surface area (Å²) in [6.07, 6.45) is 0. The van der Waals surface area contributed by atoms with Crippen LogP contribution in [0, 0.1) is 0 Å². The van der Waals surface area contributed by atoms with Gasteiger partial charge >= 0.3 is 0 Å². The maximum absolute atomic E-state index is 12.6. The van der Waals surface area contributed by atoms with E-state index in [1.165, 1.54) is 5.56 Å². The molecule has 0 spiro atoms. The molecule has 0 radical (unpaired) electrons. The summed E-state index contributed by atoms with van der Waals surface area (Å²) in [4.78, 5) is 17.4. The molecule has 0 fully saturated rings. The molecular formula is C48H48N2O4. The molecule has 1 aromatic heterocycles. The number of benzene rings is 6. The third kappa shape index (κ3) is 8.56. The standard InChI is InChI=1S/C24H23NO2.C24H25NO2/c1-24(2,3)17-14-19(18-12-8-9-13-21(18)26-4)22-20(15-17)25-23(27-22)16-10-6-5-7-11-16;1-24(2,3)19-14-18(21-12-8-9-13-22(21)27-4)15-20(16-19)25-23(26)17-10-6-5-7-11-17/h5-15H,1-4H3;5-16H,1-4H3,(H,25,26). The Kier molecular flexibility index (Phi) is 11.0. The predicted molar refractivity (Wildman–Crippen MR) is 222 cm³/mol. The van der Waals surface area contributed by atoms with Crippen LogP contribution in [0.1, 0.15) is 63.0 Å². The van der Waals surface area contributed by atoms with Crippen LogP contribution in [0.25, 0.3) is 44.8 Å². The Bertz CT molecular complexity index is 2370. The third-order valence-electron chi connectivity index (χ3n) is 9.28. The van der Waals surface area contributed by atoms with Crippen molar-refractivity contribution in [2.75, 3.05) is 19.5 Å². The van der Waals surface area contributed by atoms with Crippen LogP contribution < -0.4 is 14.8 Å². The van der Waals surface area contributed by atoms with Crippen molar-refractivity contribution in [3.05, 3.63) is 156 Å². The summed E-state index contributed by atoms with van der Waals surface area (Å²) < 4.78 is 17.4. The van der Waals surface area contributed by atoms with E-state index in [0.29, 0.717) is 11.5 Å². The summed E-state index contributed by atoms with van der Waals surface area (Å²) in [6, 6.07) is 45.7. The number of para-hydroxylation sites is 2. The SMILES string of the molecule is COc1ccccc1-c1cc(C(C)(C)C)cc2nc(-c3ccccc3)oc12.COc1ccccc1-c1cc(NC(=O)c2ccccc2)cc(C(C)(C)C)c1. The van der Waals surface area contributed by atoms with E-state index >= 15 is 0 Å². The van der Waals surface area contributed by atoms with E-state index in [-0.39, 0.29) is 16.7 Å². The second-order valence-electron chi connectivity index (χ2n) is 15.3. The van der Waals surface area contributed by atoms with Gasteiger partial charge in [0.1, 0.15) is 17.0 Å². The molecule has 6 aromatic carbocycles. The van der Waals surface area contributed by atoms with E-state index in [0.717, 1.165) is 61.7 Å². The molecule has 1 N–H and O–H groups in total. The number of nitrogens with one attached hydrogen (secondary N) is 1. The highest BCUT2D eigenvalue weighted by molar-refractivity contribution is 6.04. The van der Waals surface area contributed by atoms with Gasteiger partial charge in [0.15, 0.2) is 5.58 Å². The molecule has 0 atom stereocenters. The highest BCUT2D eigenvalue weighted by atomic mass is 16.5. The zero-order valence-electron chi connectivity index (χ0n) is 32.4. The molecule has 274 valence electrons. The fourth-order valence-corrected chi connectivity index (χ4v) is 6.20. The fourth-order valence-electron chi connectivity index (χ4n) is 6.20. The molecule has 7 rings (SSSR count). The van der Waals surface area contributed by atoms with E-state index in [1.807, 2.05) is 115 Å². The number of oxazole rings is 1. The van der Waals surface area contributed by atoms with Crippen molar-refractivity contribution < 1.29 is 18.7 Å². The molecular weight excluding hydrogens is 669 g/mol. The minimum Gasteiger partial charge on any atom is -0.496 e. The van der Waals surface area contributed by atoms with Gasteiger partial charge in [-0.2, -0.15) is 0 Å². The lowest BCUT2D eigenvalue weighted by atomic mass is 9.85. The number of hydrogen-bond donors (Lipinski definition) is 1. The molecule has 7 aromatic rings. The first-order valence-corrected chi connectivity index (χ1v) is 18.1. The van der Waals surface area contributed by atoms with E-state index in [4.69, 9.17) is 18.9 Å². The third-order valence-corrected chi connectivity index (χ3v) is 9.28. The van der Waals surface area contributed by atoms with Gasteiger partial charge in [0.05, 0.1) is 14.2 Å². The minimum atomic E-state index is -0.118. The number of carbonyl (C=O) groups is 1. The summed E-state index contributed by atoms with van der Waals surface area (Å²) in [5.41, 5.74) is 10.4. The molecule has 54 heavy (non-hydrogen) atoms. The largest absolute Gasteiger partial charge is 0.496 e. The second kappa shape index (κ2) is 15.8. The summed E-state index contributed by atoms with van der Waals surface area (Å²) in [5, 5.41) is 3.04. The number of aromatic nitrogens is 1. The van der Waals surface area contributed by atoms with Crippen molar-refractivity contribution in [3.63, 3.8) is 0 Å². The van der Waals surface area contributed by atoms with Crippen LogP contribution >= 0.6 is 0 Å². The van der Waals surface area contributed by atoms with Crippen LogP contribution in [0.5, 0.6) is 11.5 Å². The number of nitrogens with zero attached hydrogens (tertiary/aromatic N) is 1. The van der Waals surface area contributed by atoms with Crippen molar-refractivity contribution in [3.8, 4) is 45.2 Å². The van der Waals surface area contributed by atoms with Crippen LogP contribution in [0.3, 0.4) is 0 Å². The highest BCUT2D eigenvalue weighted by Gasteiger charge is 2.22. The number of ether oxygens (including phenoxy) is 2. The lowest BCUT2D eigenvalue weighted by Crippen LogP contribution is -2.15. The van der Waals surface area contributed by atoms with Gasteiger partial charge in [-0.3, -0.25) is 4.79 Å². The van der Waals surface area contributed by atoms with Crippen LogP contribution in [-0.2, 0) is 10.8 Å². The molecule has 0 aliphatic rings. The molecule has 0 saturated heterocycles. The smallest absolute Gasteiger partial charge is 0.255 e. The molecule has 0 aliphatic carbocycles. The Morgan fingerprint density at radius 1 is 0.574 bits per heavy atom. The Morgan fingerprint density at radius 3 is 1.72 bits per heavy atom.